The van der Waals surface area contributed by atoms with Gasteiger partial charge in [-0.3, -0.25) is 9.69 Å². The van der Waals surface area contributed by atoms with Crippen molar-refractivity contribution in [1.82, 2.24) is 4.90 Å². The lowest BCUT2D eigenvalue weighted by atomic mass is 9.48. The molecule has 0 bridgehead atoms. The number of Topliss-reactive ketones (excluding diaryl/α,β-unsaturated/α-hetero) is 1. The van der Waals surface area contributed by atoms with Crippen molar-refractivity contribution in [3.05, 3.63) is 41.0 Å². The van der Waals surface area contributed by atoms with Gasteiger partial charge in [0.15, 0.2) is 17.3 Å². The second kappa shape index (κ2) is 10.7. The predicted molar refractivity (Wildman–Crippen MR) is 155 cm³/mol. The summed E-state index contributed by atoms with van der Waals surface area (Å²) in [6.07, 6.45) is 15.1. The molecule has 1 N–H and O–H groups in total. The number of carbonyl (C=O) groups excluding carboxylic acids is 1. The van der Waals surface area contributed by atoms with E-state index in [1.54, 1.807) is 7.11 Å². The highest BCUT2D eigenvalue weighted by atomic mass is 16.5. The van der Waals surface area contributed by atoms with Crippen molar-refractivity contribution >= 4 is 11.9 Å². The highest BCUT2D eigenvalue weighted by Gasteiger charge is 2.59. The van der Waals surface area contributed by atoms with E-state index < -0.39 is 0 Å². The Morgan fingerprint density at radius 1 is 1.03 bits per heavy atom. The van der Waals surface area contributed by atoms with E-state index >= 15 is 0 Å². The number of nitrogens with zero attached hydrogens (tertiary/aromatic N) is 1. The second-order valence-corrected chi connectivity index (χ2v) is 13.5. The summed E-state index contributed by atoms with van der Waals surface area (Å²) >= 11 is 0. The van der Waals surface area contributed by atoms with Gasteiger partial charge < -0.3 is 14.6 Å². The molecule has 0 radical (unpaired) electrons. The monoisotopic (exact) mass is 533 g/mol. The standard InChI is InChI=1S/C34H47NO4/c1-33-13-11-26(36)22-25(33)8-9-27-28(33)12-14-34(2)29(27)21-24(32(34)37)19-23-7-10-30(31(20-23)38-3)39-18-17-35-15-5-4-6-16-35/h7-8,10,19-20,26-29,36H,4-6,9,11-18,21-22H2,1-3H3/b24-19+/t26-,27+,28-,29-,33-,34-/m0/s1. The SMILES string of the molecule is COc1cc(/C=C2\C[C@H]3[C@@H]4CC=C5C[C@@H](O)CC[C@]5(C)[C@H]4CC[C@]3(C)C2=O)ccc1OCCN1CCCCC1. The van der Waals surface area contributed by atoms with Gasteiger partial charge in [0.2, 0.25) is 0 Å². The Balaban J connectivity index is 1.18. The molecule has 1 aromatic carbocycles. The number of ether oxygens (including phenoxy) is 2. The molecule has 39 heavy (non-hydrogen) atoms. The van der Waals surface area contributed by atoms with Gasteiger partial charge in [0.05, 0.1) is 13.2 Å². The molecule has 1 heterocycles. The summed E-state index contributed by atoms with van der Waals surface area (Å²) in [7, 11) is 1.69. The van der Waals surface area contributed by atoms with Crippen LogP contribution in [0.1, 0.15) is 83.6 Å². The van der Waals surface area contributed by atoms with Crippen LogP contribution in [0.3, 0.4) is 0 Å². The van der Waals surface area contributed by atoms with E-state index in [1.165, 1.54) is 37.9 Å². The van der Waals surface area contributed by atoms with Gasteiger partial charge in [0, 0.05) is 12.0 Å². The average Bonchev–Trinajstić information content (AvgIpc) is 3.20. The van der Waals surface area contributed by atoms with Crippen LogP contribution in [-0.2, 0) is 4.79 Å². The molecule has 5 heteroatoms. The van der Waals surface area contributed by atoms with Crippen molar-refractivity contribution in [1.29, 1.82) is 0 Å². The van der Waals surface area contributed by atoms with Gasteiger partial charge in [-0.1, -0.05) is 38.0 Å². The minimum absolute atomic E-state index is 0.180. The van der Waals surface area contributed by atoms with Gasteiger partial charge in [-0.2, -0.15) is 0 Å². The number of piperidine rings is 1. The zero-order valence-corrected chi connectivity index (χ0v) is 24.2. The number of likely N-dealkylation sites (tertiary alicyclic amines) is 1. The van der Waals surface area contributed by atoms with Gasteiger partial charge >= 0.3 is 0 Å². The van der Waals surface area contributed by atoms with Gasteiger partial charge in [-0.05, 0) is 123 Å². The van der Waals surface area contributed by atoms with Crippen LogP contribution in [0.5, 0.6) is 11.5 Å². The number of aliphatic hydroxyl groups is 1. The molecule has 0 aromatic heterocycles. The Morgan fingerprint density at radius 3 is 2.62 bits per heavy atom. The minimum atomic E-state index is -0.259. The molecule has 0 unspecified atom stereocenters. The van der Waals surface area contributed by atoms with Crippen molar-refractivity contribution < 1.29 is 19.4 Å². The van der Waals surface area contributed by atoms with E-state index in [0.717, 1.165) is 74.1 Å². The molecule has 0 spiro atoms. The lowest BCUT2D eigenvalue weighted by molar-refractivity contribution is -0.130. The zero-order chi connectivity index (χ0) is 27.2. The number of hydrogen-bond donors (Lipinski definition) is 1. The van der Waals surface area contributed by atoms with E-state index in [9.17, 15) is 9.90 Å². The molecular weight excluding hydrogens is 486 g/mol. The average molecular weight is 534 g/mol. The van der Waals surface area contributed by atoms with Crippen LogP contribution in [0, 0.1) is 28.6 Å². The number of aliphatic hydroxyl groups excluding tert-OH is 1. The summed E-state index contributed by atoms with van der Waals surface area (Å²) in [5, 5.41) is 10.3. The summed E-state index contributed by atoms with van der Waals surface area (Å²) in [5.41, 5.74) is 3.40. The maximum absolute atomic E-state index is 13.9. The van der Waals surface area contributed by atoms with Crippen molar-refractivity contribution in [2.24, 2.45) is 28.6 Å². The van der Waals surface area contributed by atoms with Gasteiger partial charge in [-0.25, -0.2) is 0 Å². The van der Waals surface area contributed by atoms with Gasteiger partial charge in [-0.15, -0.1) is 0 Å². The zero-order valence-electron chi connectivity index (χ0n) is 24.2. The molecule has 5 nitrogen and oxygen atoms in total. The first-order valence-electron chi connectivity index (χ1n) is 15.5. The molecule has 212 valence electrons. The molecule has 1 aliphatic heterocycles. The van der Waals surface area contributed by atoms with E-state index in [4.69, 9.17) is 9.47 Å². The molecule has 5 aliphatic rings. The van der Waals surface area contributed by atoms with Crippen molar-refractivity contribution in [2.75, 3.05) is 33.4 Å². The van der Waals surface area contributed by atoms with Gasteiger partial charge in [0.25, 0.3) is 0 Å². The number of allylic oxidation sites excluding steroid dienone is 2. The third-order valence-corrected chi connectivity index (χ3v) is 11.4. The van der Waals surface area contributed by atoms with Crippen LogP contribution in [0.25, 0.3) is 6.08 Å². The number of carbonyl (C=O) groups is 1. The first kappa shape index (κ1) is 27.1. The Kier molecular flexibility index (Phi) is 7.43. The number of rotatable bonds is 6. The summed E-state index contributed by atoms with van der Waals surface area (Å²) in [6.45, 7) is 8.63. The molecule has 1 saturated heterocycles. The summed E-state index contributed by atoms with van der Waals surface area (Å²) in [5.74, 6) is 3.43. The molecule has 0 amide bonds. The van der Waals surface area contributed by atoms with Crippen LogP contribution in [0.15, 0.2) is 35.4 Å². The van der Waals surface area contributed by atoms with Crippen LogP contribution in [0.2, 0.25) is 0 Å². The lowest BCUT2D eigenvalue weighted by Gasteiger charge is -2.56. The topological polar surface area (TPSA) is 59.0 Å². The molecule has 4 aliphatic carbocycles. The summed E-state index contributed by atoms with van der Waals surface area (Å²) < 4.78 is 11.8. The van der Waals surface area contributed by atoms with Crippen molar-refractivity contribution in [3.8, 4) is 11.5 Å². The Morgan fingerprint density at radius 2 is 1.82 bits per heavy atom. The van der Waals surface area contributed by atoms with Gasteiger partial charge in [0.1, 0.15) is 6.61 Å². The molecule has 6 rings (SSSR count). The van der Waals surface area contributed by atoms with E-state index in [2.05, 4.69) is 37.0 Å². The molecular formula is C34H47NO4. The predicted octanol–water partition coefficient (Wildman–Crippen LogP) is 6.45. The Bertz CT molecular complexity index is 1150. The van der Waals surface area contributed by atoms with Crippen LogP contribution >= 0.6 is 0 Å². The highest BCUT2D eigenvalue weighted by Crippen LogP contribution is 2.64. The Labute approximate surface area is 234 Å². The fraction of sp³-hybridized carbons (Fsp3) is 0.676. The van der Waals surface area contributed by atoms with E-state index in [1.807, 2.05) is 12.1 Å². The molecule has 4 fully saturated rings. The maximum atomic E-state index is 13.9. The van der Waals surface area contributed by atoms with Crippen LogP contribution < -0.4 is 9.47 Å². The third-order valence-electron chi connectivity index (χ3n) is 11.4. The van der Waals surface area contributed by atoms with E-state index in [0.29, 0.717) is 30.1 Å². The number of benzene rings is 1. The fourth-order valence-electron chi connectivity index (χ4n) is 9.00. The van der Waals surface area contributed by atoms with Crippen LogP contribution in [-0.4, -0.2) is 55.2 Å². The first-order valence-corrected chi connectivity index (χ1v) is 15.5. The fourth-order valence-corrected chi connectivity index (χ4v) is 9.00. The maximum Gasteiger partial charge on any atom is 0.165 e. The van der Waals surface area contributed by atoms with Crippen LogP contribution in [0.4, 0.5) is 0 Å². The molecule has 1 aromatic rings. The number of methoxy groups -OCH3 is 1. The van der Waals surface area contributed by atoms with Crippen molar-refractivity contribution in [3.63, 3.8) is 0 Å². The third kappa shape index (κ3) is 4.88. The smallest absolute Gasteiger partial charge is 0.165 e. The molecule has 6 atom stereocenters. The molecule has 3 saturated carbocycles. The quantitative estimate of drug-likeness (QED) is 0.337. The number of fused-ring (bicyclic) bond motifs is 5. The lowest BCUT2D eigenvalue weighted by Crippen LogP contribution is -2.50. The first-order chi connectivity index (χ1) is 18.8. The number of hydrogen-bond acceptors (Lipinski definition) is 5. The normalized spacial score (nSPS) is 37.6. The highest BCUT2D eigenvalue weighted by molar-refractivity contribution is 6.06. The summed E-state index contributed by atoms with van der Waals surface area (Å²) in [4.78, 5) is 16.4. The Hall–Kier alpha value is -2.11. The largest absolute Gasteiger partial charge is 0.493 e. The minimum Gasteiger partial charge on any atom is -0.493 e. The summed E-state index contributed by atoms with van der Waals surface area (Å²) in [6, 6.07) is 6.08. The number of ketones is 1. The second-order valence-electron chi connectivity index (χ2n) is 13.5. The van der Waals surface area contributed by atoms with Crippen molar-refractivity contribution in [2.45, 2.75) is 84.2 Å². The van der Waals surface area contributed by atoms with E-state index in [-0.39, 0.29) is 16.9 Å².